The molecule has 2 aromatic carbocycles. The van der Waals surface area contributed by atoms with E-state index in [4.69, 9.17) is 16.3 Å². The van der Waals surface area contributed by atoms with Gasteiger partial charge in [0.2, 0.25) is 0 Å². The molecule has 1 unspecified atom stereocenters. The molecule has 34 heavy (non-hydrogen) atoms. The molecule has 0 amide bonds. The van der Waals surface area contributed by atoms with Gasteiger partial charge in [0.05, 0.1) is 12.6 Å². The minimum atomic E-state index is -1.07. The van der Waals surface area contributed by atoms with E-state index in [0.717, 1.165) is 54.2 Å². The Hall–Kier alpha value is -1.86. The van der Waals surface area contributed by atoms with E-state index < -0.39 is 6.17 Å². The second-order valence-electron chi connectivity index (χ2n) is 8.93. The zero-order valence-corrected chi connectivity index (χ0v) is 21.1. The predicted octanol–water partition coefficient (Wildman–Crippen LogP) is 6.41. The van der Waals surface area contributed by atoms with Crippen molar-refractivity contribution in [3.63, 3.8) is 0 Å². The van der Waals surface area contributed by atoms with Gasteiger partial charge in [-0.3, -0.25) is 4.98 Å². The Balaban J connectivity index is 1.29. The first-order valence-electron chi connectivity index (χ1n) is 11.9. The lowest BCUT2D eigenvalue weighted by atomic mass is 9.81. The van der Waals surface area contributed by atoms with Gasteiger partial charge in [-0.15, -0.1) is 11.8 Å². The molecule has 182 valence electrons. The van der Waals surface area contributed by atoms with Gasteiger partial charge in [0, 0.05) is 47.0 Å². The van der Waals surface area contributed by atoms with Crippen molar-refractivity contribution < 1.29 is 14.2 Å². The number of halogens is 2. The zero-order valence-electron chi connectivity index (χ0n) is 19.5. The Morgan fingerprint density at radius 3 is 2.91 bits per heavy atom. The molecule has 1 saturated heterocycles. The average Bonchev–Trinajstić information content (AvgIpc) is 2.87. The third-order valence-corrected chi connectivity index (χ3v) is 8.00. The topological polar surface area (TPSA) is 45.6 Å². The summed E-state index contributed by atoms with van der Waals surface area (Å²) in [6.45, 7) is 2.97. The van der Waals surface area contributed by atoms with Gasteiger partial charge in [-0.2, -0.15) is 0 Å². The van der Waals surface area contributed by atoms with E-state index in [-0.39, 0.29) is 12.5 Å². The van der Waals surface area contributed by atoms with Crippen LogP contribution in [-0.4, -0.2) is 54.1 Å². The fourth-order valence-electron chi connectivity index (χ4n) is 4.86. The van der Waals surface area contributed by atoms with Crippen LogP contribution in [0.2, 0.25) is 5.02 Å². The molecular formula is C27H32ClFN2O2S. The summed E-state index contributed by atoms with van der Waals surface area (Å²) >= 11 is 7.87. The highest BCUT2D eigenvalue weighted by atomic mass is 35.5. The van der Waals surface area contributed by atoms with Crippen molar-refractivity contribution in [1.82, 2.24) is 9.88 Å². The lowest BCUT2D eigenvalue weighted by molar-refractivity contribution is 0.0672. The van der Waals surface area contributed by atoms with Crippen LogP contribution in [0.15, 0.2) is 59.6 Å². The van der Waals surface area contributed by atoms with Crippen LogP contribution in [0, 0.1) is 11.8 Å². The summed E-state index contributed by atoms with van der Waals surface area (Å²) in [4.78, 5) is 7.96. The molecular weight excluding hydrogens is 471 g/mol. The first-order valence-corrected chi connectivity index (χ1v) is 13.2. The van der Waals surface area contributed by atoms with Crippen LogP contribution < -0.4 is 4.74 Å². The maximum Gasteiger partial charge on any atom is 0.126 e. The highest BCUT2D eigenvalue weighted by Crippen LogP contribution is 2.35. The number of likely N-dealkylation sites (tertiary alicyclic amines) is 1. The molecule has 3 aromatic rings. The summed E-state index contributed by atoms with van der Waals surface area (Å²) in [5, 5.41) is 11.6. The molecule has 0 aliphatic carbocycles. The highest BCUT2D eigenvalue weighted by molar-refractivity contribution is 7.99. The summed E-state index contributed by atoms with van der Waals surface area (Å²) < 4.78 is 20.7. The quantitative estimate of drug-likeness (QED) is 0.324. The van der Waals surface area contributed by atoms with Gasteiger partial charge in [0.15, 0.2) is 0 Å². The number of methoxy groups -OCH3 is 1. The number of hydrogen-bond acceptors (Lipinski definition) is 5. The number of benzene rings is 2. The number of hydrogen-bond donors (Lipinski definition) is 1. The number of rotatable bonds is 10. The van der Waals surface area contributed by atoms with E-state index in [0.29, 0.717) is 23.7 Å². The number of aliphatic hydroxyl groups is 1. The van der Waals surface area contributed by atoms with E-state index in [9.17, 15) is 5.11 Å². The number of alkyl halides is 1. The number of thioether (sulfide) groups is 1. The van der Waals surface area contributed by atoms with Gasteiger partial charge in [-0.25, -0.2) is 4.39 Å². The van der Waals surface area contributed by atoms with E-state index >= 15 is 4.39 Å². The smallest absolute Gasteiger partial charge is 0.126 e. The van der Waals surface area contributed by atoms with Crippen molar-refractivity contribution in [3.8, 4) is 5.75 Å². The molecule has 4 nitrogen and oxygen atoms in total. The Bertz CT molecular complexity index is 1090. The van der Waals surface area contributed by atoms with Crippen molar-refractivity contribution in [2.45, 2.75) is 30.3 Å². The Labute approximate surface area is 210 Å². The third-order valence-electron chi connectivity index (χ3n) is 6.79. The molecule has 0 saturated carbocycles. The molecule has 4 rings (SSSR count). The zero-order chi connectivity index (χ0) is 23.9. The molecule has 0 bridgehead atoms. The monoisotopic (exact) mass is 502 g/mol. The van der Waals surface area contributed by atoms with Crippen molar-refractivity contribution in [1.29, 1.82) is 0 Å². The van der Waals surface area contributed by atoms with E-state index in [1.807, 2.05) is 36.4 Å². The molecule has 3 atom stereocenters. The van der Waals surface area contributed by atoms with Crippen LogP contribution in [0.3, 0.4) is 0 Å². The molecule has 7 heteroatoms. The van der Waals surface area contributed by atoms with Crippen molar-refractivity contribution in [2.75, 3.05) is 39.1 Å². The number of ether oxygens (including phenoxy) is 1. The minimum Gasteiger partial charge on any atom is -0.497 e. The molecule has 1 aliphatic rings. The van der Waals surface area contributed by atoms with Crippen LogP contribution in [-0.2, 0) is 0 Å². The maximum atomic E-state index is 15.4. The van der Waals surface area contributed by atoms with Gasteiger partial charge >= 0.3 is 0 Å². The summed E-state index contributed by atoms with van der Waals surface area (Å²) in [7, 11) is 1.61. The second kappa shape index (κ2) is 12.2. The molecule has 0 radical (unpaired) electrons. The first-order chi connectivity index (χ1) is 16.6. The van der Waals surface area contributed by atoms with Crippen LogP contribution in [0.5, 0.6) is 5.75 Å². The number of piperidine rings is 1. The Morgan fingerprint density at radius 1 is 1.24 bits per heavy atom. The Morgan fingerprint density at radius 2 is 2.12 bits per heavy atom. The number of aromatic nitrogens is 1. The van der Waals surface area contributed by atoms with Crippen LogP contribution in [0.25, 0.3) is 10.9 Å². The predicted molar refractivity (Wildman–Crippen MR) is 139 cm³/mol. The van der Waals surface area contributed by atoms with Gasteiger partial charge < -0.3 is 14.7 Å². The summed E-state index contributed by atoms with van der Waals surface area (Å²) in [5.41, 5.74) is 1.44. The van der Waals surface area contributed by atoms with Crippen molar-refractivity contribution in [3.05, 3.63) is 65.3 Å². The van der Waals surface area contributed by atoms with Gasteiger partial charge in [-0.05, 0) is 85.7 Å². The fourth-order valence-corrected chi connectivity index (χ4v) is 6.08. The number of pyridine rings is 1. The van der Waals surface area contributed by atoms with Gasteiger partial charge in [-0.1, -0.05) is 17.7 Å². The standard InChI is InChI=1S/C27H32ClFN2O2S/c1-33-22-6-8-27-25(16-22)24(9-11-30-27)26(29)7-5-19-10-12-31(17-20(19)18-32)13-14-34-23-4-2-3-21(28)15-23/h2-4,6,8-9,11,15-16,19-20,26,32H,5,7,10,12-14,17-18H2,1H3/t19-,20-,26?/m1/s1. The lowest BCUT2D eigenvalue weighted by Gasteiger charge is -2.38. The summed E-state index contributed by atoms with van der Waals surface area (Å²) in [6.07, 6.45) is 2.81. The number of nitrogens with zero attached hydrogens (tertiary/aromatic N) is 2. The van der Waals surface area contributed by atoms with E-state index in [1.54, 1.807) is 31.1 Å². The van der Waals surface area contributed by atoms with Crippen molar-refractivity contribution in [2.24, 2.45) is 11.8 Å². The maximum absolute atomic E-state index is 15.4. The van der Waals surface area contributed by atoms with Crippen LogP contribution in [0.1, 0.15) is 31.0 Å². The summed E-state index contributed by atoms with van der Waals surface area (Å²) in [5.74, 6) is 2.21. The van der Waals surface area contributed by atoms with Crippen LogP contribution >= 0.6 is 23.4 Å². The SMILES string of the molecule is COc1ccc2nccc(C(F)CC[C@@H]3CCN(CCSc4cccc(Cl)c4)C[C@@H]3CO)c2c1. The normalized spacial score (nSPS) is 19.9. The molecule has 1 aromatic heterocycles. The van der Waals surface area contributed by atoms with Crippen molar-refractivity contribution >= 4 is 34.3 Å². The second-order valence-corrected chi connectivity index (χ2v) is 10.5. The van der Waals surface area contributed by atoms with E-state index in [1.165, 1.54) is 4.90 Å². The summed E-state index contributed by atoms with van der Waals surface area (Å²) in [6, 6.07) is 15.3. The highest BCUT2D eigenvalue weighted by Gasteiger charge is 2.29. The minimum absolute atomic E-state index is 0.148. The molecule has 1 fully saturated rings. The lowest BCUT2D eigenvalue weighted by Crippen LogP contribution is -2.43. The molecule has 0 spiro atoms. The largest absolute Gasteiger partial charge is 0.497 e. The average molecular weight is 503 g/mol. The van der Waals surface area contributed by atoms with Crippen LogP contribution in [0.4, 0.5) is 4.39 Å². The number of aliphatic hydroxyl groups excluding tert-OH is 1. The number of fused-ring (bicyclic) bond motifs is 1. The third kappa shape index (κ3) is 6.42. The van der Waals surface area contributed by atoms with E-state index in [2.05, 4.69) is 16.0 Å². The molecule has 2 heterocycles. The molecule has 1 aliphatic heterocycles. The fraction of sp³-hybridized carbons (Fsp3) is 0.444. The first kappa shape index (κ1) is 25.2. The Kier molecular flexibility index (Phi) is 9.06. The van der Waals surface area contributed by atoms with Gasteiger partial charge in [0.25, 0.3) is 0 Å². The molecule has 1 N–H and O–H groups in total. The van der Waals surface area contributed by atoms with Gasteiger partial charge in [0.1, 0.15) is 11.9 Å².